The van der Waals surface area contributed by atoms with E-state index in [1.165, 1.54) is 20.3 Å². The first-order chi connectivity index (χ1) is 8.56. The molecule has 1 aromatic carbocycles. The quantitative estimate of drug-likeness (QED) is 0.629. The third kappa shape index (κ3) is 2.11. The lowest BCUT2D eigenvalue weighted by Gasteiger charge is -2.05. The standard InChI is InChI=1S/C12H9BrO5/c1-16-10-5-9-6(4-8(10)13)3-7(11(14)17-2)12(15)18-9/h3-5H,1-2H3. The molecule has 2 rings (SSSR count). The third-order valence-electron chi connectivity index (χ3n) is 2.41. The highest BCUT2D eigenvalue weighted by Gasteiger charge is 2.15. The molecule has 0 atom stereocenters. The fourth-order valence-electron chi connectivity index (χ4n) is 1.53. The Morgan fingerprint density at radius 3 is 2.61 bits per heavy atom. The van der Waals surface area contributed by atoms with Gasteiger partial charge >= 0.3 is 11.6 Å². The topological polar surface area (TPSA) is 65.7 Å². The molecule has 5 nitrogen and oxygen atoms in total. The number of carbonyl (C=O) groups is 1. The number of esters is 1. The van der Waals surface area contributed by atoms with Crippen molar-refractivity contribution in [3.8, 4) is 5.75 Å². The van der Waals surface area contributed by atoms with Crippen LogP contribution in [0.4, 0.5) is 0 Å². The van der Waals surface area contributed by atoms with Crippen molar-refractivity contribution in [2.24, 2.45) is 0 Å². The smallest absolute Gasteiger partial charge is 0.351 e. The van der Waals surface area contributed by atoms with Crippen molar-refractivity contribution >= 4 is 32.9 Å². The van der Waals surface area contributed by atoms with E-state index in [4.69, 9.17) is 9.15 Å². The van der Waals surface area contributed by atoms with Crippen LogP contribution in [0.5, 0.6) is 5.75 Å². The summed E-state index contributed by atoms with van der Waals surface area (Å²) in [6, 6.07) is 4.70. The summed E-state index contributed by atoms with van der Waals surface area (Å²) in [5, 5.41) is 0.600. The number of ether oxygens (including phenoxy) is 2. The van der Waals surface area contributed by atoms with Gasteiger partial charge in [-0.15, -0.1) is 0 Å². The van der Waals surface area contributed by atoms with Crippen molar-refractivity contribution < 1.29 is 18.7 Å². The number of methoxy groups -OCH3 is 2. The molecule has 0 amide bonds. The van der Waals surface area contributed by atoms with Gasteiger partial charge in [-0.25, -0.2) is 9.59 Å². The van der Waals surface area contributed by atoms with Crippen LogP contribution in [0.2, 0.25) is 0 Å². The minimum Gasteiger partial charge on any atom is -0.495 e. The average Bonchev–Trinajstić information content (AvgIpc) is 2.37. The van der Waals surface area contributed by atoms with Crippen LogP contribution in [0.15, 0.2) is 31.9 Å². The number of hydrogen-bond donors (Lipinski definition) is 0. The minimum absolute atomic E-state index is 0.137. The summed E-state index contributed by atoms with van der Waals surface area (Å²) in [5.74, 6) is -0.186. The van der Waals surface area contributed by atoms with E-state index in [1.54, 1.807) is 12.1 Å². The second kappa shape index (κ2) is 4.81. The molecule has 1 aromatic heterocycles. The highest BCUT2D eigenvalue weighted by Crippen LogP contribution is 2.29. The monoisotopic (exact) mass is 312 g/mol. The van der Waals surface area contributed by atoms with E-state index in [0.717, 1.165) is 0 Å². The molecule has 0 aliphatic rings. The Morgan fingerprint density at radius 1 is 1.28 bits per heavy atom. The molecule has 0 radical (unpaired) electrons. The summed E-state index contributed by atoms with van der Waals surface area (Å²) in [5.41, 5.74) is -0.534. The molecule has 0 aliphatic carbocycles. The first-order valence-corrected chi connectivity index (χ1v) is 5.76. The van der Waals surface area contributed by atoms with Gasteiger partial charge in [-0.05, 0) is 28.1 Å². The van der Waals surface area contributed by atoms with E-state index in [-0.39, 0.29) is 5.56 Å². The first-order valence-electron chi connectivity index (χ1n) is 4.96. The maximum absolute atomic E-state index is 11.6. The zero-order chi connectivity index (χ0) is 13.3. The molecule has 18 heavy (non-hydrogen) atoms. The lowest BCUT2D eigenvalue weighted by molar-refractivity contribution is 0.0596. The summed E-state index contributed by atoms with van der Waals surface area (Å²) in [4.78, 5) is 23.0. The Balaban J connectivity index is 2.72. The molecule has 0 unspecified atom stereocenters. The second-order valence-electron chi connectivity index (χ2n) is 3.46. The Labute approximate surface area is 110 Å². The fraction of sp³-hybridized carbons (Fsp3) is 0.167. The van der Waals surface area contributed by atoms with Gasteiger partial charge in [0.05, 0.1) is 18.7 Å². The van der Waals surface area contributed by atoms with Gasteiger partial charge in [-0.2, -0.15) is 0 Å². The largest absolute Gasteiger partial charge is 0.495 e. The summed E-state index contributed by atoms with van der Waals surface area (Å²) in [6.45, 7) is 0. The fourth-order valence-corrected chi connectivity index (χ4v) is 2.05. The van der Waals surface area contributed by atoms with Crippen LogP contribution in [-0.2, 0) is 4.74 Å². The van der Waals surface area contributed by atoms with Gasteiger partial charge in [-0.1, -0.05) is 0 Å². The number of carbonyl (C=O) groups excluding carboxylic acids is 1. The predicted octanol–water partition coefficient (Wildman–Crippen LogP) is 2.35. The molecular weight excluding hydrogens is 304 g/mol. The average molecular weight is 313 g/mol. The van der Waals surface area contributed by atoms with Crippen LogP contribution in [0.1, 0.15) is 10.4 Å². The Bertz CT molecular complexity index is 674. The molecule has 1 heterocycles. The number of fused-ring (bicyclic) bond motifs is 1. The van der Waals surface area contributed by atoms with Crippen molar-refractivity contribution in [3.05, 3.63) is 38.7 Å². The van der Waals surface area contributed by atoms with Gasteiger partial charge in [-0.3, -0.25) is 0 Å². The molecule has 0 spiro atoms. The van der Waals surface area contributed by atoms with Gasteiger partial charge in [0, 0.05) is 11.5 Å². The number of halogens is 1. The third-order valence-corrected chi connectivity index (χ3v) is 3.03. The molecule has 94 valence electrons. The van der Waals surface area contributed by atoms with E-state index in [2.05, 4.69) is 20.7 Å². The highest BCUT2D eigenvalue weighted by atomic mass is 79.9. The summed E-state index contributed by atoms with van der Waals surface area (Å²) in [7, 11) is 2.71. The molecule has 2 aromatic rings. The normalized spacial score (nSPS) is 10.4. The van der Waals surface area contributed by atoms with E-state index < -0.39 is 11.6 Å². The maximum Gasteiger partial charge on any atom is 0.351 e. The number of hydrogen-bond acceptors (Lipinski definition) is 5. The van der Waals surface area contributed by atoms with Gasteiger partial charge in [0.2, 0.25) is 0 Å². The molecule has 0 aliphatic heterocycles. The second-order valence-corrected chi connectivity index (χ2v) is 4.32. The van der Waals surface area contributed by atoms with Crippen LogP contribution >= 0.6 is 15.9 Å². The van der Waals surface area contributed by atoms with Crippen molar-refractivity contribution in [1.29, 1.82) is 0 Å². The molecular formula is C12H9BrO5. The van der Waals surface area contributed by atoms with E-state index >= 15 is 0 Å². The zero-order valence-corrected chi connectivity index (χ0v) is 11.2. The predicted molar refractivity (Wildman–Crippen MR) is 68.1 cm³/mol. The summed E-state index contributed by atoms with van der Waals surface area (Å²) >= 11 is 3.31. The Kier molecular flexibility index (Phi) is 3.38. The van der Waals surface area contributed by atoms with Crippen LogP contribution in [0.25, 0.3) is 11.0 Å². The lowest BCUT2D eigenvalue weighted by atomic mass is 10.2. The molecule has 6 heteroatoms. The molecule has 0 N–H and O–H groups in total. The van der Waals surface area contributed by atoms with E-state index in [9.17, 15) is 9.59 Å². The Morgan fingerprint density at radius 2 is 2.00 bits per heavy atom. The highest BCUT2D eigenvalue weighted by molar-refractivity contribution is 9.10. The van der Waals surface area contributed by atoms with Crippen LogP contribution in [0, 0.1) is 0 Å². The van der Waals surface area contributed by atoms with Crippen molar-refractivity contribution in [2.45, 2.75) is 0 Å². The number of benzene rings is 1. The van der Waals surface area contributed by atoms with Crippen molar-refractivity contribution in [2.75, 3.05) is 14.2 Å². The number of rotatable bonds is 2. The molecule has 0 bridgehead atoms. The summed E-state index contributed by atoms with van der Waals surface area (Å²) in [6.07, 6.45) is 0. The van der Waals surface area contributed by atoms with E-state index in [1.807, 2.05) is 0 Å². The van der Waals surface area contributed by atoms with Crippen LogP contribution in [-0.4, -0.2) is 20.2 Å². The van der Waals surface area contributed by atoms with Crippen molar-refractivity contribution in [3.63, 3.8) is 0 Å². The van der Waals surface area contributed by atoms with Gasteiger partial charge < -0.3 is 13.9 Å². The van der Waals surface area contributed by atoms with E-state index in [0.29, 0.717) is 21.2 Å². The SMILES string of the molecule is COC(=O)c1cc2cc(Br)c(OC)cc2oc1=O. The van der Waals surface area contributed by atoms with Crippen LogP contribution < -0.4 is 10.4 Å². The van der Waals surface area contributed by atoms with Gasteiger partial charge in [0.25, 0.3) is 0 Å². The Hall–Kier alpha value is -1.82. The first kappa shape index (κ1) is 12.6. The van der Waals surface area contributed by atoms with Crippen molar-refractivity contribution in [1.82, 2.24) is 0 Å². The zero-order valence-electron chi connectivity index (χ0n) is 9.65. The molecule has 0 saturated heterocycles. The van der Waals surface area contributed by atoms with Crippen LogP contribution in [0.3, 0.4) is 0 Å². The van der Waals surface area contributed by atoms with Gasteiger partial charge in [0.1, 0.15) is 16.9 Å². The minimum atomic E-state index is -0.737. The lowest BCUT2D eigenvalue weighted by Crippen LogP contribution is -2.14. The van der Waals surface area contributed by atoms with Gasteiger partial charge in [0.15, 0.2) is 0 Å². The molecule has 0 fully saturated rings. The summed E-state index contributed by atoms with van der Waals surface area (Å²) < 4.78 is 15.3. The maximum atomic E-state index is 11.6. The molecule has 0 saturated carbocycles.